The van der Waals surface area contributed by atoms with Crippen molar-refractivity contribution in [3.8, 4) is 0 Å². The van der Waals surface area contributed by atoms with Crippen molar-refractivity contribution < 1.29 is 14.7 Å². The van der Waals surface area contributed by atoms with Gasteiger partial charge in [-0.05, 0) is 25.8 Å². The number of nitrogens with one attached hydrogen (secondary N) is 1. The minimum atomic E-state index is -1.02. The molecular weight excluding hydrogens is 268 g/mol. The molecule has 0 spiro atoms. The van der Waals surface area contributed by atoms with E-state index in [-0.39, 0.29) is 18.5 Å². The van der Waals surface area contributed by atoms with Gasteiger partial charge in [-0.1, -0.05) is 37.3 Å². The van der Waals surface area contributed by atoms with Gasteiger partial charge in [0.25, 0.3) is 0 Å². The molecule has 2 N–H and O–H groups in total. The highest BCUT2D eigenvalue weighted by Gasteiger charge is 2.24. The predicted molar refractivity (Wildman–Crippen MR) is 82.2 cm³/mol. The van der Waals surface area contributed by atoms with E-state index in [9.17, 15) is 14.7 Å². The Hall–Kier alpha value is -2.04. The average Bonchev–Trinajstić information content (AvgIpc) is 2.44. The molecule has 0 heterocycles. The van der Waals surface area contributed by atoms with E-state index in [0.717, 1.165) is 12.0 Å². The number of carbonyl (C=O) groups is 2. The smallest absolute Gasteiger partial charge is 0.326 e. The fraction of sp³-hybridized carbons (Fsp3) is 0.500. The van der Waals surface area contributed by atoms with Gasteiger partial charge < -0.3 is 15.3 Å². The van der Waals surface area contributed by atoms with Gasteiger partial charge in [0.1, 0.15) is 6.04 Å². The van der Waals surface area contributed by atoms with Crippen LogP contribution in [0.4, 0.5) is 4.79 Å². The van der Waals surface area contributed by atoms with Gasteiger partial charge in [-0.2, -0.15) is 0 Å². The third-order valence-corrected chi connectivity index (χ3v) is 3.23. The minimum absolute atomic E-state index is 0.0381. The van der Waals surface area contributed by atoms with Crippen molar-refractivity contribution >= 4 is 12.0 Å². The van der Waals surface area contributed by atoms with Gasteiger partial charge in [0.05, 0.1) is 0 Å². The molecule has 0 fully saturated rings. The van der Waals surface area contributed by atoms with E-state index in [1.807, 2.05) is 51.1 Å². The summed E-state index contributed by atoms with van der Waals surface area (Å²) in [5.74, 6) is -1.02. The number of benzene rings is 1. The van der Waals surface area contributed by atoms with Crippen LogP contribution in [0.1, 0.15) is 32.8 Å². The van der Waals surface area contributed by atoms with Crippen molar-refractivity contribution in [2.75, 3.05) is 6.54 Å². The van der Waals surface area contributed by atoms with Crippen molar-refractivity contribution in [3.05, 3.63) is 35.9 Å². The van der Waals surface area contributed by atoms with Crippen molar-refractivity contribution in [1.29, 1.82) is 0 Å². The molecule has 116 valence electrons. The van der Waals surface area contributed by atoms with Gasteiger partial charge in [0.15, 0.2) is 0 Å². The Labute approximate surface area is 126 Å². The van der Waals surface area contributed by atoms with Crippen molar-refractivity contribution in [3.63, 3.8) is 0 Å². The lowest BCUT2D eigenvalue weighted by Gasteiger charge is -2.28. The lowest BCUT2D eigenvalue weighted by molar-refractivity contribution is -0.139. The zero-order chi connectivity index (χ0) is 15.8. The molecule has 1 aromatic carbocycles. The molecule has 1 aromatic rings. The van der Waals surface area contributed by atoms with Crippen LogP contribution < -0.4 is 5.32 Å². The Balaban J connectivity index is 2.74. The van der Waals surface area contributed by atoms with Crippen LogP contribution in [0.15, 0.2) is 30.3 Å². The Morgan fingerprint density at radius 3 is 2.33 bits per heavy atom. The molecule has 0 aliphatic heterocycles. The summed E-state index contributed by atoms with van der Waals surface area (Å²) in [6.07, 6.45) is 1.11. The van der Waals surface area contributed by atoms with E-state index in [1.165, 1.54) is 0 Å². The molecule has 5 nitrogen and oxygen atoms in total. The van der Waals surface area contributed by atoms with Gasteiger partial charge in [-0.15, -0.1) is 0 Å². The number of hydrogen-bond acceptors (Lipinski definition) is 2. The number of amides is 2. The molecular formula is C16H24N2O3. The summed E-state index contributed by atoms with van der Waals surface area (Å²) in [7, 11) is 0. The highest BCUT2D eigenvalue weighted by molar-refractivity contribution is 5.83. The summed E-state index contributed by atoms with van der Waals surface area (Å²) in [6, 6.07) is 8.09. The quantitative estimate of drug-likeness (QED) is 0.811. The molecule has 0 saturated heterocycles. The maximum absolute atomic E-state index is 12.2. The van der Waals surface area contributed by atoms with Gasteiger partial charge in [0, 0.05) is 19.0 Å². The molecule has 0 aromatic heterocycles. The summed E-state index contributed by atoms with van der Waals surface area (Å²) in [5, 5.41) is 11.9. The molecule has 0 saturated carbocycles. The van der Waals surface area contributed by atoms with Crippen LogP contribution in [-0.2, 0) is 11.2 Å². The van der Waals surface area contributed by atoms with Crippen molar-refractivity contribution in [2.45, 2.75) is 45.7 Å². The molecule has 1 rings (SSSR count). The number of carboxylic acids is 1. The van der Waals surface area contributed by atoms with Crippen molar-refractivity contribution in [1.82, 2.24) is 10.2 Å². The normalized spacial score (nSPS) is 12.0. The summed E-state index contributed by atoms with van der Waals surface area (Å²) in [5.41, 5.74) is 0.886. The second-order valence-electron chi connectivity index (χ2n) is 5.32. The summed E-state index contributed by atoms with van der Waals surface area (Å²) < 4.78 is 0. The Morgan fingerprint density at radius 2 is 1.86 bits per heavy atom. The fourth-order valence-electron chi connectivity index (χ4n) is 2.12. The summed E-state index contributed by atoms with van der Waals surface area (Å²) in [4.78, 5) is 25.2. The second kappa shape index (κ2) is 8.29. The molecule has 2 amide bonds. The van der Waals surface area contributed by atoms with E-state index in [0.29, 0.717) is 6.54 Å². The first-order valence-corrected chi connectivity index (χ1v) is 7.29. The Morgan fingerprint density at radius 1 is 1.24 bits per heavy atom. The van der Waals surface area contributed by atoms with Gasteiger partial charge >= 0.3 is 12.0 Å². The summed E-state index contributed by atoms with van der Waals surface area (Å²) in [6.45, 7) is 6.44. The van der Waals surface area contributed by atoms with E-state index in [2.05, 4.69) is 5.32 Å². The summed E-state index contributed by atoms with van der Waals surface area (Å²) >= 11 is 0. The number of aliphatic carboxylic acids is 1. The SMILES string of the molecule is CCCN(C(=O)N[C@H](Cc1ccccc1)C(=O)O)C(C)C. The monoisotopic (exact) mass is 292 g/mol. The van der Waals surface area contributed by atoms with Crippen LogP contribution in [0, 0.1) is 0 Å². The lowest BCUT2D eigenvalue weighted by atomic mass is 10.1. The van der Waals surface area contributed by atoms with Crippen LogP contribution >= 0.6 is 0 Å². The topological polar surface area (TPSA) is 69.6 Å². The van der Waals surface area contributed by atoms with Crippen LogP contribution in [0.3, 0.4) is 0 Å². The zero-order valence-electron chi connectivity index (χ0n) is 12.9. The molecule has 21 heavy (non-hydrogen) atoms. The first-order chi connectivity index (χ1) is 9.95. The maximum Gasteiger partial charge on any atom is 0.326 e. The van der Waals surface area contributed by atoms with Gasteiger partial charge in [0.2, 0.25) is 0 Å². The number of nitrogens with zero attached hydrogens (tertiary/aromatic N) is 1. The van der Waals surface area contributed by atoms with Crippen LogP contribution in [-0.4, -0.2) is 40.6 Å². The predicted octanol–water partition coefficient (Wildman–Crippen LogP) is 2.51. The molecule has 0 radical (unpaired) electrons. The van der Waals surface area contributed by atoms with E-state index in [4.69, 9.17) is 0 Å². The minimum Gasteiger partial charge on any atom is -0.480 e. The number of carboxylic acid groups (broad SMARTS) is 1. The van der Waals surface area contributed by atoms with Crippen LogP contribution in [0.2, 0.25) is 0 Å². The molecule has 5 heteroatoms. The van der Waals surface area contributed by atoms with Gasteiger partial charge in [-0.25, -0.2) is 9.59 Å². The van der Waals surface area contributed by atoms with E-state index >= 15 is 0 Å². The fourth-order valence-corrected chi connectivity index (χ4v) is 2.12. The largest absolute Gasteiger partial charge is 0.480 e. The lowest BCUT2D eigenvalue weighted by Crippen LogP contribution is -2.51. The van der Waals surface area contributed by atoms with E-state index in [1.54, 1.807) is 4.90 Å². The second-order valence-corrected chi connectivity index (χ2v) is 5.32. The number of hydrogen-bond donors (Lipinski definition) is 2. The standard InChI is InChI=1S/C16H24N2O3/c1-4-10-18(12(2)3)16(21)17-14(15(19)20)11-13-8-6-5-7-9-13/h5-9,12,14H,4,10-11H2,1-3H3,(H,17,21)(H,19,20)/t14-/m1/s1. The molecule has 0 bridgehead atoms. The number of urea groups is 1. The molecule has 1 atom stereocenters. The molecule has 0 aliphatic rings. The highest BCUT2D eigenvalue weighted by Crippen LogP contribution is 2.06. The van der Waals surface area contributed by atoms with Crippen LogP contribution in [0.25, 0.3) is 0 Å². The van der Waals surface area contributed by atoms with Crippen molar-refractivity contribution in [2.24, 2.45) is 0 Å². The highest BCUT2D eigenvalue weighted by atomic mass is 16.4. The zero-order valence-corrected chi connectivity index (χ0v) is 12.9. The number of rotatable bonds is 7. The third kappa shape index (κ3) is 5.45. The average molecular weight is 292 g/mol. The Kier molecular flexibility index (Phi) is 6.72. The Bertz CT molecular complexity index is 460. The van der Waals surface area contributed by atoms with Gasteiger partial charge in [-0.3, -0.25) is 0 Å². The van der Waals surface area contributed by atoms with E-state index < -0.39 is 12.0 Å². The first kappa shape index (κ1) is 17.0. The molecule has 0 aliphatic carbocycles. The molecule has 0 unspecified atom stereocenters. The first-order valence-electron chi connectivity index (χ1n) is 7.29. The third-order valence-electron chi connectivity index (χ3n) is 3.23. The van der Waals surface area contributed by atoms with Crippen LogP contribution in [0.5, 0.6) is 0 Å². The maximum atomic E-state index is 12.2. The number of carbonyl (C=O) groups excluding carboxylic acids is 1.